The van der Waals surface area contributed by atoms with Crippen molar-refractivity contribution in [2.45, 2.75) is 31.7 Å². The Balaban J connectivity index is 0.000000260. The Morgan fingerprint density at radius 3 is 2.67 bits per heavy atom. The summed E-state index contributed by atoms with van der Waals surface area (Å²) in [6.07, 6.45) is -3.07. The molecule has 0 saturated carbocycles. The molecule has 146 valence electrons. The van der Waals surface area contributed by atoms with Gasteiger partial charge < -0.3 is 19.9 Å². The van der Waals surface area contributed by atoms with Crippen LogP contribution in [0.25, 0.3) is 0 Å². The summed E-state index contributed by atoms with van der Waals surface area (Å²) in [5.74, 6) is -2.64. The number of fused-ring (bicyclic) bond motifs is 3. The van der Waals surface area contributed by atoms with E-state index in [0.717, 1.165) is 29.5 Å². The molecule has 0 aliphatic carbocycles. The zero-order valence-corrected chi connectivity index (χ0v) is 15.0. The Bertz CT molecular complexity index is 848. The number of carboxylic acids is 1. The quantitative estimate of drug-likeness (QED) is 0.803. The number of rotatable bonds is 2. The van der Waals surface area contributed by atoms with Gasteiger partial charge >= 0.3 is 12.1 Å². The van der Waals surface area contributed by atoms with Crippen molar-refractivity contribution >= 4 is 23.2 Å². The normalized spacial score (nSPS) is 21.3. The van der Waals surface area contributed by atoms with Crippen molar-refractivity contribution in [3.05, 3.63) is 40.1 Å². The smallest absolute Gasteiger partial charge is 0.475 e. The maximum Gasteiger partial charge on any atom is 0.490 e. The van der Waals surface area contributed by atoms with Gasteiger partial charge in [0.1, 0.15) is 5.69 Å². The number of aliphatic carboxylic acids is 1. The van der Waals surface area contributed by atoms with Crippen LogP contribution in [-0.4, -0.2) is 56.7 Å². The molecule has 0 radical (unpaired) electrons. The topological polar surface area (TPSA) is 87.5 Å². The van der Waals surface area contributed by atoms with Gasteiger partial charge in [0.2, 0.25) is 0 Å². The van der Waals surface area contributed by atoms with E-state index in [1.165, 1.54) is 0 Å². The molecular weight excluding hydrogens is 385 g/mol. The molecule has 7 nitrogen and oxygen atoms in total. The molecule has 1 saturated heterocycles. The van der Waals surface area contributed by atoms with E-state index in [0.29, 0.717) is 12.6 Å². The number of thiazole rings is 1. The van der Waals surface area contributed by atoms with Crippen LogP contribution < -0.4 is 5.32 Å². The number of nitrogens with one attached hydrogen (secondary N) is 1. The minimum Gasteiger partial charge on any atom is -0.475 e. The fourth-order valence-electron chi connectivity index (χ4n) is 3.26. The maximum absolute atomic E-state index is 12.7. The van der Waals surface area contributed by atoms with E-state index in [-0.39, 0.29) is 11.9 Å². The minimum atomic E-state index is -5.08. The van der Waals surface area contributed by atoms with Gasteiger partial charge in [-0.25, -0.2) is 9.78 Å². The predicted molar refractivity (Wildman–Crippen MR) is 90.5 cm³/mol. The molecule has 0 spiro atoms. The van der Waals surface area contributed by atoms with Crippen LogP contribution in [0, 0.1) is 6.92 Å². The molecule has 2 atom stereocenters. The predicted octanol–water partition coefficient (Wildman–Crippen LogP) is 2.06. The molecule has 2 unspecified atom stereocenters. The summed E-state index contributed by atoms with van der Waals surface area (Å²) >= 11 is 1.64. The monoisotopic (exact) mass is 402 g/mol. The molecule has 2 aromatic heterocycles. The lowest BCUT2D eigenvalue weighted by molar-refractivity contribution is -0.192. The number of halogens is 3. The number of hydrogen-bond donors (Lipinski definition) is 2. The van der Waals surface area contributed by atoms with Crippen LogP contribution in [0.4, 0.5) is 13.2 Å². The van der Waals surface area contributed by atoms with Crippen LogP contribution in [0.3, 0.4) is 0 Å². The van der Waals surface area contributed by atoms with Crippen LogP contribution in [-0.2, 0) is 11.3 Å². The number of aryl methyl sites for hydroxylation is 1. The van der Waals surface area contributed by atoms with Gasteiger partial charge in [-0.05, 0) is 19.1 Å². The number of alkyl halides is 3. The molecule has 1 fully saturated rings. The van der Waals surface area contributed by atoms with Gasteiger partial charge in [-0.1, -0.05) is 0 Å². The van der Waals surface area contributed by atoms with Crippen molar-refractivity contribution in [3.8, 4) is 0 Å². The molecule has 2 aliphatic heterocycles. The van der Waals surface area contributed by atoms with Gasteiger partial charge in [0.25, 0.3) is 5.91 Å². The summed E-state index contributed by atoms with van der Waals surface area (Å²) in [5, 5.41) is 13.6. The molecular formula is C16H17F3N4O3S. The number of nitrogens with zero attached hydrogens (tertiary/aromatic N) is 3. The third-order valence-electron chi connectivity index (χ3n) is 4.41. The van der Waals surface area contributed by atoms with Gasteiger partial charge in [-0.3, -0.25) is 4.79 Å². The van der Waals surface area contributed by atoms with Gasteiger partial charge in [-0.15, -0.1) is 11.3 Å². The first-order valence-electron chi connectivity index (χ1n) is 8.08. The van der Waals surface area contributed by atoms with Gasteiger partial charge in [0, 0.05) is 24.7 Å². The molecule has 0 bridgehead atoms. The first kappa shape index (κ1) is 19.4. The third-order valence-corrected chi connectivity index (χ3v) is 5.23. The molecule has 4 heterocycles. The van der Waals surface area contributed by atoms with Gasteiger partial charge in [-0.2, -0.15) is 13.2 Å². The Kier molecular flexibility index (Phi) is 5.24. The van der Waals surface area contributed by atoms with Crippen LogP contribution in [0.2, 0.25) is 0 Å². The van der Waals surface area contributed by atoms with E-state index in [2.05, 4.69) is 14.9 Å². The van der Waals surface area contributed by atoms with E-state index >= 15 is 0 Å². The molecule has 1 amide bonds. The number of carboxylic acid groups (broad SMARTS) is 1. The second kappa shape index (κ2) is 7.31. The summed E-state index contributed by atoms with van der Waals surface area (Å²) < 4.78 is 33.9. The van der Waals surface area contributed by atoms with E-state index < -0.39 is 12.1 Å². The average molecular weight is 402 g/mol. The zero-order chi connectivity index (χ0) is 19.8. The number of carbonyl (C=O) groups is 2. The highest BCUT2D eigenvalue weighted by molar-refractivity contribution is 7.09. The molecule has 11 heteroatoms. The Morgan fingerprint density at radius 1 is 1.41 bits per heavy atom. The summed E-state index contributed by atoms with van der Waals surface area (Å²) in [7, 11) is 0. The lowest BCUT2D eigenvalue weighted by Gasteiger charge is -2.38. The van der Waals surface area contributed by atoms with Crippen LogP contribution in [0.1, 0.15) is 27.2 Å². The lowest BCUT2D eigenvalue weighted by Crippen LogP contribution is -2.49. The third kappa shape index (κ3) is 3.98. The number of carbonyl (C=O) groups excluding carboxylic acids is 1. The number of hydrogen-bond acceptors (Lipinski definition) is 5. The largest absolute Gasteiger partial charge is 0.490 e. The van der Waals surface area contributed by atoms with E-state index in [9.17, 15) is 18.0 Å². The molecule has 2 aliphatic rings. The van der Waals surface area contributed by atoms with Crippen molar-refractivity contribution in [1.82, 2.24) is 19.8 Å². The summed E-state index contributed by atoms with van der Waals surface area (Å²) in [5.41, 5.74) is 1.79. The molecule has 27 heavy (non-hydrogen) atoms. The lowest BCUT2D eigenvalue weighted by atomic mass is 10.1. The highest BCUT2D eigenvalue weighted by atomic mass is 32.1. The van der Waals surface area contributed by atoms with Crippen molar-refractivity contribution < 1.29 is 27.9 Å². The van der Waals surface area contributed by atoms with Crippen molar-refractivity contribution in [2.24, 2.45) is 0 Å². The average Bonchev–Trinajstić information content (AvgIpc) is 3.30. The fraction of sp³-hybridized carbons (Fsp3) is 0.438. The Morgan fingerprint density at radius 2 is 2.07 bits per heavy atom. The van der Waals surface area contributed by atoms with Crippen molar-refractivity contribution in [2.75, 3.05) is 13.1 Å². The highest BCUT2D eigenvalue weighted by Gasteiger charge is 2.42. The first-order chi connectivity index (χ1) is 12.7. The first-order valence-corrected chi connectivity index (χ1v) is 8.96. The minimum absolute atomic E-state index is 0.116. The van der Waals surface area contributed by atoms with E-state index in [1.54, 1.807) is 11.3 Å². The van der Waals surface area contributed by atoms with Crippen LogP contribution >= 0.6 is 11.3 Å². The maximum atomic E-state index is 12.7. The number of amides is 1. The van der Waals surface area contributed by atoms with Crippen LogP contribution in [0.5, 0.6) is 0 Å². The molecule has 4 rings (SSSR count). The Hall–Kier alpha value is -2.40. The van der Waals surface area contributed by atoms with E-state index in [4.69, 9.17) is 9.90 Å². The second-order valence-electron chi connectivity index (χ2n) is 6.19. The zero-order valence-electron chi connectivity index (χ0n) is 14.2. The number of aromatic nitrogens is 2. The molecule has 2 N–H and O–H groups in total. The van der Waals surface area contributed by atoms with E-state index in [1.807, 2.05) is 35.5 Å². The molecule has 2 aromatic rings. The van der Waals surface area contributed by atoms with Crippen LogP contribution in [0.15, 0.2) is 23.7 Å². The summed E-state index contributed by atoms with van der Waals surface area (Å²) in [6, 6.07) is 4.44. The molecule has 0 aromatic carbocycles. The van der Waals surface area contributed by atoms with Crippen molar-refractivity contribution in [1.29, 1.82) is 0 Å². The van der Waals surface area contributed by atoms with Gasteiger partial charge in [0.05, 0.1) is 29.3 Å². The summed E-state index contributed by atoms with van der Waals surface area (Å²) in [4.78, 5) is 28.1. The van der Waals surface area contributed by atoms with Crippen molar-refractivity contribution in [3.63, 3.8) is 0 Å². The highest BCUT2D eigenvalue weighted by Crippen LogP contribution is 2.31. The SMILES string of the molecule is Cc1nc(CN2C(=O)c3cccn3C3CNCC32)cs1.O=C(O)C(F)(F)F. The Labute approximate surface area is 156 Å². The second-order valence-corrected chi connectivity index (χ2v) is 7.25. The standard InChI is InChI=1S/C14H16N4OS.C2HF3O2/c1-9-16-10(8-20-9)7-18-13-6-15-5-12(13)17-4-2-3-11(17)14(18)19;3-2(4,5)1(6)7/h2-4,8,12-13,15H,5-7H2,1H3;(H,6,7). The van der Waals surface area contributed by atoms with Gasteiger partial charge in [0.15, 0.2) is 0 Å². The summed E-state index contributed by atoms with van der Waals surface area (Å²) in [6.45, 7) is 4.39. The fourth-order valence-corrected chi connectivity index (χ4v) is 3.86.